The summed E-state index contributed by atoms with van der Waals surface area (Å²) in [6.45, 7) is 4.15. The van der Waals surface area contributed by atoms with E-state index < -0.39 is 16.0 Å². The smallest absolute Gasteiger partial charge is 0.259 e. The van der Waals surface area contributed by atoms with E-state index in [1.165, 1.54) is 16.4 Å². The molecule has 1 atom stereocenters. The summed E-state index contributed by atoms with van der Waals surface area (Å²) in [7, 11) is -3.77. The Morgan fingerprint density at radius 3 is 2.41 bits per heavy atom. The Balaban J connectivity index is 1.53. The molecule has 0 bridgehead atoms. The van der Waals surface area contributed by atoms with E-state index in [9.17, 15) is 17.9 Å². The van der Waals surface area contributed by atoms with Gasteiger partial charge in [0, 0.05) is 45.1 Å². The van der Waals surface area contributed by atoms with Gasteiger partial charge < -0.3 is 18.7 Å². The van der Waals surface area contributed by atoms with Crippen LogP contribution in [0.15, 0.2) is 33.7 Å². The molecule has 2 fully saturated rings. The number of rotatable bonds is 3. The molecule has 0 N–H and O–H groups in total. The number of ether oxygens (including phenoxy) is 1. The second-order valence-electron chi connectivity index (χ2n) is 7.33. The molecule has 0 radical (unpaired) electrons. The Hall–Kier alpha value is -2.14. The fraction of sp³-hybridized carbons (Fsp3) is 0.474. The maximum atomic E-state index is 13.2. The van der Waals surface area contributed by atoms with Crippen LogP contribution in [0.25, 0.3) is 0 Å². The van der Waals surface area contributed by atoms with Gasteiger partial charge in [0.25, 0.3) is 5.91 Å². The van der Waals surface area contributed by atoms with Gasteiger partial charge in [-0.05, 0) is 31.2 Å². The topological polar surface area (TPSA) is 98.9 Å². The van der Waals surface area contributed by atoms with Gasteiger partial charge in [-0.2, -0.15) is 0 Å². The third kappa shape index (κ3) is 3.39. The van der Waals surface area contributed by atoms with Gasteiger partial charge in [-0.3, -0.25) is 4.79 Å². The van der Waals surface area contributed by atoms with E-state index in [-0.39, 0.29) is 48.3 Å². The van der Waals surface area contributed by atoms with Gasteiger partial charge in [0.15, 0.2) is 16.2 Å². The van der Waals surface area contributed by atoms with Crippen molar-refractivity contribution in [1.82, 2.24) is 9.46 Å². The molecule has 4 rings (SSSR count). The van der Waals surface area contributed by atoms with Crippen LogP contribution >= 0.6 is 0 Å². The van der Waals surface area contributed by atoms with E-state index in [0.29, 0.717) is 24.5 Å². The summed E-state index contributed by atoms with van der Waals surface area (Å²) in [4.78, 5) is 14.9. The molecular formula is C19H22FN3O5S. The molecule has 8 nitrogen and oxygen atoms in total. The molecular weight excluding hydrogens is 401 g/mol. The van der Waals surface area contributed by atoms with Crippen molar-refractivity contribution < 1.29 is 27.2 Å². The Bertz CT molecular complexity index is 949. The first-order valence-corrected chi connectivity index (χ1v) is 10.8. The average Bonchev–Trinajstić information content (AvgIpc) is 3.04. The normalized spacial score (nSPS) is 22.1. The van der Waals surface area contributed by atoms with Gasteiger partial charge in [-0.15, -0.1) is 4.31 Å². The van der Waals surface area contributed by atoms with Crippen molar-refractivity contribution in [2.24, 2.45) is 0 Å². The van der Waals surface area contributed by atoms with Gasteiger partial charge in [0.2, 0.25) is 4.90 Å². The molecule has 29 heavy (non-hydrogen) atoms. The predicted octanol–water partition coefficient (Wildman–Crippen LogP) is 2.23. The molecule has 2 aliphatic rings. The molecule has 2 aromatic rings. The van der Waals surface area contributed by atoms with E-state index >= 15 is 0 Å². The molecule has 2 aliphatic heterocycles. The number of morpholine rings is 1. The number of hydrogen-bond donors (Lipinski definition) is 0. The molecule has 1 amide bonds. The first-order valence-electron chi connectivity index (χ1n) is 9.39. The van der Waals surface area contributed by atoms with Gasteiger partial charge in [-0.25, -0.2) is 4.39 Å². The number of carbonyl (C=O) groups excluding carboxylic acids is 1. The molecule has 1 aromatic heterocycles. The Labute approximate surface area is 169 Å². The van der Waals surface area contributed by atoms with Crippen molar-refractivity contribution in [2.75, 3.05) is 31.1 Å². The maximum absolute atomic E-state index is 13.2. The first-order chi connectivity index (χ1) is 13.7. The number of anilines is 1. The summed E-state index contributed by atoms with van der Waals surface area (Å²) in [6, 6.07) is 5.74. The van der Waals surface area contributed by atoms with Gasteiger partial charge >= 0.3 is 0 Å². The standard InChI is InChI=1S/C19H22FN3O5S/c1-13-17(14(2)28-21-13)29(25,26)22-9-7-19(8-10-22)18(24)23(11-12-27-19)16-5-3-15(20)4-6-16/h3-6H,7-12H2,1-2H3. The Kier molecular flexibility index (Phi) is 5.06. The Morgan fingerprint density at radius 1 is 1.17 bits per heavy atom. The minimum Gasteiger partial charge on any atom is -0.593 e. The molecule has 1 unspecified atom stereocenters. The highest BCUT2D eigenvalue weighted by molar-refractivity contribution is 7.95. The number of benzene rings is 1. The summed E-state index contributed by atoms with van der Waals surface area (Å²) in [5.74, 6) is -0.345. The van der Waals surface area contributed by atoms with Crippen LogP contribution in [0.3, 0.4) is 0 Å². The van der Waals surface area contributed by atoms with E-state index in [4.69, 9.17) is 9.26 Å². The fourth-order valence-corrected chi connectivity index (χ4v) is 5.76. The van der Waals surface area contributed by atoms with Crippen LogP contribution in [0.2, 0.25) is 0 Å². The van der Waals surface area contributed by atoms with Crippen LogP contribution in [-0.2, 0) is 24.1 Å². The van der Waals surface area contributed by atoms with E-state index in [2.05, 4.69) is 5.16 Å². The highest BCUT2D eigenvalue weighted by Gasteiger charge is 2.51. The number of piperidine rings is 1. The lowest BCUT2D eigenvalue weighted by atomic mass is 9.89. The van der Waals surface area contributed by atoms with Gasteiger partial charge in [0.1, 0.15) is 17.1 Å². The molecule has 10 heteroatoms. The summed E-state index contributed by atoms with van der Waals surface area (Å²) in [6.07, 6.45) is 0.484. The van der Waals surface area contributed by atoms with Gasteiger partial charge in [-0.1, -0.05) is 9.37 Å². The molecule has 156 valence electrons. The third-order valence-electron chi connectivity index (χ3n) is 5.56. The summed E-state index contributed by atoms with van der Waals surface area (Å²) >= 11 is 0. The third-order valence-corrected chi connectivity index (χ3v) is 7.71. The number of sulfonamides is 1. The minimum atomic E-state index is -3.77. The molecule has 0 saturated carbocycles. The van der Waals surface area contributed by atoms with E-state index in [1.807, 2.05) is 0 Å². The SMILES string of the molecule is Cc1noc(C)c1[S+](=O)([O-])N1CCC2(CC1)OCCN(c1ccc(F)cc1)C2=O. The highest BCUT2D eigenvalue weighted by Crippen LogP contribution is 2.37. The zero-order chi connectivity index (χ0) is 20.8. The van der Waals surface area contributed by atoms with Crippen molar-refractivity contribution >= 4 is 22.0 Å². The lowest BCUT2D eigenvalue weighted by molar-refractivity contribution is -0.156. The summed E-state index contributed by atoms with van der Waals surface area (Å²) < 4.78 is 51.5. The summed E-state index contributed by atoms with van der Waals surface area (Å²) in [5.41, 5.74) is -0.155. The number of aromatic nitrogens is 1. The highest BCUT2D eigenvalue weighted by atomic mass is 32.3. The Morgan fingerprint density at radius 2 is 1.83 bits per heavy atom. The van der Waals surface area contributed by atoms with Crippen molar-refractivity contribution in [2.45, 2.75) is 37.2 Å². The number of nitrogens with zero attached hydrogens (tertiary/aromatic N) is 3. The molecule has 1 aromatic carbocycles. The number of aryl methyl sites for hydroxylation is 2. The average molecular weight is 423 g/mol. The predicted molar refractivity (Wildman–Crippen MR) is 101 cm³/mol. The number of hydrogen-bond acceptors (Lipinski definition) is 6. The molecule has 2 saturated heterocycles. The van der Waals surface area contributed by atoms with Crippen molar-refractivity contribution in [3.05, 3.63) is 41.5 Å². The quantitative estimate of drug-likeness (QED) is 0.702. The van der Waals surface area contributed by atoms with Crippen molar-refractivity contribution in [1.29, 1.82) is 0 Å². The second-order valence-corrected chi connectivity index (χ2v) is 9.21. The van der Waals surface area contributed by atoms with Crippen molar-refractivity contribution in [3.8, 4) is 0 Å². The molecule has 1 spiro atoms. The fourth-order valence-electron chi connectivity index (χ4n) is 4.03. The van der Waals surface area contributed by atoms with Crippen molar-refractivity contribution in [3.63, 3.8) is 0 Å². The summed E-state index contributed by atoms with van der Waals surface area (Å²) in [5, 5.41) is 3.73. The minimum absolute atomic E-state index is 0.0808. The largest absolute Gasteiger partial charge is 0.593 e. The number of amides is 1. The zero-order valence-corrected chi connectivity index (χ0v) is 17.0. The first kappa shape index (κ1) is 20.1. The zero-order valence-electron chi connectivity index (χ0n) is 16.2. The van der Waals surface area contributed by atoms with Crippen LogP contribution in [-0.4, -0.2) is 51.8 Å². The molecule has 3 heterocycles. The molecule has 0 aliphatic carbocycles. The van der Waals surface area contributed by atoms with Crippen LogP contribution in [0.5, 0.6) is 0 Å². The lowest BCUT2D eigenvalue weighted by Crippen LogP contribution is -2.61. The van der Waals surface area contributed by atoms with E-state index in [0.717, 1.165) is 0 Å². The van der Waals surface area contributed by atoms with E-state index in [1.54, 1.807) is 30.9 Å². The van der Waals surface area contributed by atoms with Crippen LogP contribution < -0.4 is 4.90 Å². The monoisotopic (exact) mass is 423 g/mol. The van der Waals surface area contributed by atoms with Crippen LogP contribution in [0, 0.1) is 19.7 Å². The number of carbonyl (C=O) groups is 1. The van der Waals surface area contributed by atoms with Crippen LogP contribution in [0.1, 0.15) is 24.3 Å². The maximum Gasteiger partial charge on any atom is 0.259 e. The second kappa shape index (κ2) is 7.28. The van der Waals surface area contributed by atoms with Gasteiger partial charge in [0.05, 0.1) is 6.61 Å². The lowest BCUT2D eigenvalue weighted by Gasteiger charge is -2.45. The number of halogens is 1. The van der Waals surface area contributed by atoms with Crippen LogP contribution in [0.4, 0.5) is 10.1 Å².